The largest absolute Gasteiger partial charge is 0.537 e. The molecule has 3 rings (SSSR count). The highest BCUT2D eigenvalue weighted by molar-refractivity contribution is 8.02. The van der Waals surface area contributed by atoms with Crippen molar-refractivity contribution in [3.8, 4) is 11.5 Å². The summed E-state index contributed by atoms with van der Waals surface area (Å²) in [5.74, 6) is 0.0390. The van der Waals surface area contributed by atoms with Crippen molar-refractivity contribution in [3.63, 3.8) is 0 Å². The number of carboxylic acids is 1. The van der Waals surface area contributed by atoms with Crippen LogP contribution in [-0.4, -0.2) is 57.2 Å². The van der Waals surface area contributed by atoms with E-state index >= 15 is 0 Å². The van der Waals surface area contributed by atoms with Gasteiger partial charge < -0.3 is 19.5 Å². The second-order valence-corrected chi connectivity index (χ2v) is 8.45. The number of carbonyl (C=O) groups is 1. The van der Waals surface area contributed by atoms with Crippen LogP contribution in [0.2, 0.25) is 0 Å². The van der Waals surface area contributed by atoms with Crippen LogP contribution < -0.4 is 9.39 Å². The van der Waals surface area contributed by atoms with E-state index in [0.717, 1.165) is 15.7 Å². The molecule has 25 heavy (non-hydrogen) atoms. The number of hydrogen-bond donors (Lipinski definition) is 2. The molecule has 0 bridgehead atoms. The van der Waals surface area contributed by atoms with Gasteiger partial charge in [0.05, 0.1) is 11.8 Å². The lowest BCUT2D eigenvalue weighted by Crippen LogP contribution is -2.40. The van der Waals surface area contributed by atoms with Gasteiger partial charge in [-0.05, 0) is 24.3 Å². The normalized spacial score (nSPS) is 16.2. The van der Waals surface area contributed by atoms with Gasteiger partial charge in [-0.3, -0.25) is 0 Å². The first-order valence-corrected chi connectivity index (χ1v) is 10.5. The number of rotatable bonds is 7. The zero-order valence-electron chi connectivity index (χ0n) is 13.2. The minimum absolute atomic E-state index is 0.0444. The summed E-state index contributed by atoms with van der Waals surface area (Å²) in [7, 11) is -1.14. The van der Waals surface area contributed by atoms with Gasteiger partial charge in [0.2, 0.25) is 0 Å². The molecule has 2 aromatic rings. The van der Waals surface area contributed by atoms with Crippen molar-refractivity contribution in [1.29, 1.82) is 0 Å². The molecule has 1 aromatic carbocycles. The number of ether oxygens (including phenoxy) is 1. The van der Waals surface area contributed by atoms with Crippen molar-refractivity contribution in [3.05, 3.63) is 28.8 Å². The summed E-state index contributed by atoms with van der Waals surface area (Å²) in [6, 6.07) is 3.44. The van der Waals surface area contributed by atoms with E-state index in [1.807, 2.05) is 6.26 Å². The topological polar surface area (TPSA) is 102 Å². The maximum atomic E-state index is 11.7. The summed E-state index contributed by atoms with van der Waals surface area (Å²) in [5.41, 5.74) is 2.30. The van der Waals surface area contributed by atoms with Crippen LogP contribution in [0.1, 0.15) is 15.9 Å². The van der Waals surface area contributed by atoms with Gasteiger partial charge >= 0.3 is 13.1 Å². The lowest BCUT2D eigenvalue weighted by Gasteiger charge is -2.28. The third-order valence-corrected chi connectivity index (χ3v) is 6.15. The Morgan fingerprint density at radius 3 is 3.08 bits per heavy atom. The maximum absolute atomic E-state index is 11.7. The van der Waals surface area contributed by atoms with Crippen LogP contribution in [0.4, 0.5) is 0 Å². The zero-order valence-corrected chi connectivity index (χ0v) is 15.7. The van der Waals surface area contributed by atoms with Gasteiger partial charge in [0.15, 0.2) is 4.34 Å². The SMILES string of the molecule is CSCCOc1ccc2c(c1C(=O)O)OB(O)[C@@H](Sc1nncs1)C2. The van der Waals surface area contributed by atoms with E-state index in [1.54, 1.807) is 29.4 Å². The number of aromatic nitrogens is 2. The number of aromatic carboxylic acids is 1. The Labute approximate surface area is 157 Å². The van der Waals surface area contributed by atoms with Crippen LogP contribution in [0.15, 0.2) is 22.0 Å². The molecule has 7 nitrogen and oxygen atoms in total. The lowest BCUT2D eigenvalue weighted by atomic mass is 9.77. The third kappa shape index (κ3) is 4.22. The Kier molecular flexibility index (Phi) is 6.10. The molecule has 1 aliphatic rings. The quantitative estimate of drug-likeness (QED) is 0.536. The average Bonchev–Trinajstić information content (AvgIpc) is 3.08. The molecular formula is C14H15BN2O5S3. The first kappa shape index (κ1) is 18.4. The Morgan fingerprint density at radius 2 is 2.40 bits per heavy atom. The van der Waals surface area contributed by atoms with E-state index in [2.05, 4.69) is 10.2 Å². The van der Waals surface area contributed by atoms with Crippen molar-refractivity contribution in [2.45, 2.75) is 15.9 Å². The molecule has 0 fully saturated rings. The number of thioether (sulfide) groups is 2. The summed E-state index contributed by atoms with van der Waals surface area (Å²) in [6.07, 6.45) is 2.41. The van der Waals surface area contributed by atoms with E-state index in [-0.39, 0.29) is 22.2 Å². The summed E-state index contributed by atoms with van der Waals surface area (Å²) in [6.45, 7) is 0.401. The van der Waals surface area contributed by atoms with Crippen molar-refractivity contribution < 1.29 is 24.3 Å². The van der Waals surface area contributed by atoms with Crippen molar-refractivity contribution >= 4 is 47.9 Å². The molecule has 0 saturated heterocycles. The number of nitrogens with zero attached hydrogens (tertiary/aromatic N) is 2. The monoisotopic (exact) mass is 398 g/mol. The fraction of sp³-hybridized carbons (Fsp3) is 0.357. The zero-order chi connectivity index (χ0) is 17.8. The predicted molar refractivity (Wildman–Crippen MR) is 99.1 cm³/mol. The smallest absolute Gasteiger partial charge is 0.534 e. The first-order valence-electron chi connectivity index (χ1n) is 7.38. The van der Waals surface area contributed by atoms with Crippen LogP contribution in [0.25, 0.3) is 0 Å². The number of carboxylic acid groups (broad SMARTS) is 1. The van der Waals surface area contributed by atoms with E-state index in [0.29, 0.717) is 13.0 Å². The Morgan fingerprint density at radius 1 is 1.56 bits per heavy atom. The van der Waals surface area contributed by atoms with E-state index in [9.17, 15) is 14.9 Å². The summed E-state index contributed by atoms with van der Waals surface area (Å²) < 4.78 is 11.9. The number of hydrogen-bond acceptors (Lipinski definition) is 9. The Bertz CT molecular complexity index is 746. The van der Waals surface area contributed by atoms with Crippen LogP contribution in [-0.2, 0) is 6.42 Å². The average molecular weight is 398 g/mol. The van der Waals surface area contributed by atoms with Gasteiger partial charge in [-0.2, -0.15) is 11.8 Å². The third-order valence-electron chi connectivity index (χ3n) is 3.53. The van der Waals surface area contributed by atoms with Gasteiger partial charge in [0, 0.05) is 5.75 Å². The predicted octanol–water partition coefficient (Wildman–Crippen LogP) is 2.09. The number of fused-ring (bicyclic) bond motifs is 1. The molecule has 132 valence electrons. The van der Waals surface area contributed by atoms with Crippen LogP contribution >= 0.6 is 34.9 Å². The van der Waals surface area contributed by atoms with Crippen molar-refractivity contribution in [2.75, 3.05) is 18.6 Å². The summed E-state index contributed by atoms with van der Waals surface area (Å²) in [5, 5.41) is 27.3. The molecule has 1 atom stereocenters. The van der Waals surface area contributed by atoms with Gasteiger partial charge in [0.1, 0.15) is 22.6 Å². The van der Waals surface area contributed by atoms with Crippen molar-refractivity contribution in [1.82, 2.24) is 10.2 Å². The van der Waals surface area contributed by atoms with Crippen LogP contribution in [0, 0.1) is 0 Å². The second kappa shape index (κ2) is 8.30. The number of benzene rings is 1. The lowest BCUT2D eigenvalue weighted by molar-refractivity contribution is 0.0689. The van der Waals surface area contributed by atoms with E-state index in [1.165, 1.54) is 23.1 Å². The molecule has 0 unspecified atom stereocenters. The highest BCUT2D eigenvalue weighted by Crippen LogP contribution is 2.40. The molecule has 0 radical (unpaired) electrons. The highest BCUT2D eigenvalue weighted by Gasteiger charge is 2.39. The van der Waals surface area contributed by atoms with E-state index < -0.39 is 13.1 Å². The summed E-state index contributed by atoms with van der Waals surface area (Å²) in [4.78, 5) is 11.7. The highest BCUT2D eigenvalue weighted by atomic mass is 32.2. The van der Waals surface area contributed by atoms with Gasteiger partial charge in [0.25, 0.3) is 0 Å². The molecule has 2 heterocycles. The second-order valence-electron chi connectivity index (χ2n) is 5.15. The molecule has 0 spiro atoms. The molecule has 11 heteroatoms. The molecule has 0 amide bonds. The first-order chi connectivity index (χ1) is 12.1. The van der Waals surface area contributed by atoms with Gasteiger partial charge in [-0.25, -0.2) is 4.79 Å². The van der Waals surface area contributed by atoms with Crippen LogP contribution in [0.3, 0.4) is 0 Å². The van der Waals surface area contributed by atoms with Gasteiger partial charge in [-0.1, -0.05) is 29.2 Å². The maximum Gasteiger partial charge on any atom is 0.537 e. The molecular weight excluding hydrogens is 383 g/mol. The van der Waals surface area contributed by atoms with E-state index in [4.69, 9.17) is 9.39 Å². The van der Waals surface area contributed by atoms with Crippen molar-refractivity contribution in [2.24, 2.45) is 0 Å². The standard InChI is InChI=1S/C14H15BN2O5S3/c1-23-5-4-21-9-3-2-8-6-10(25-14-17-16-7-24-14)15(20)22-12(8)11(9)13(18)19/h2-3,7,10,20H,4-6H2,1H3,(H,18,19)/t10-/m0/s1. The van der Waals surface area contributed by atoms with Crippen LogP contribution in [0.5, 0.6) is 11.5 Å². The summed E-state index contributed by atoms with van der Waals surface area (Å²) >= 11 is 4.36. The van der Waals surface area contributed by atoms with Gasteiger partial charge in [-0.15, -0.1) is 10.2 Å². The fourth-order valence-corrected chi connectivity index (χ4v) is 4.46. The molecule has 1 aliphatic heterocycles. The minimum Gasteiger partial charge on any atom is -0.534 e. The Balaban J connectivity index is 1.85. The molecule has 1 aromatic heterocycles. The molecule has 2 N–H and O–H groups in total. The Hall–Kier alpha value is -1.43. The molecule has 0 aliphatic carbocycles. The fourth-order valence-electron chi connectivity index (χ4n) is 2.42. The minimum atomic E-state index is -1.14. The molecule has 0 saturated carbocycles.